The summed E-state index contributed by atoms with van der Waals surface area (Å²) in [6.45, 7) is 3.06. The molecule has 0 saturated carbocycles. The van der Waals surface area contributed by atoms with Crippen LogP contribution in [0.5, 0.6) is 11.5 Å². The second-order valence-corrected chi connectivity index (χ2v) is 5.26. The first-order valence-electron chi connectivity index (χ1n) is 8.28. The SMILES string of the molecule is COCCOCCOCCOc1cc(OC)cc(-c2ccnc(N)n2)c1. The van der Waals surface area contributed by atoms with Crippen LogP contribution >= 0.6 is 0 Å². The lowest BCUT2D eigenvalue weighted by molar-refractivity contribution is 0.0179. The maximum absolute atomic E-state index is 5.75. The molecule has 0 aliphatic carbocycles. The lowest BCUT2D eigenvalue weighted by atomic mass is 10.1. The number of aromatic nitrogens is 2. The first-order valence-corrected chi connectivity index (χ1v) is 8.28. The Morgan fingerprint density at radius 2 is 1.58 bits per heavy atom. The van der Waals surface area contributed by atoms with Crippen molar-refractivity contribution < 1.29 is 23.7 Å². The van der Waals surface area contributed by atoms with Crippen LogP contribution in [0.3, 0.4) is 0 Å². The summed E-state index contributed by atoms with van der Waals surface area (Å²) in [6.07, 6.45) is 1.61. The van der Waals surface area contributed by atoms with Crippen molar-refractivity contribution in [2.45, 2.75) is 0 Å². The number of hydrogen-bond donors (Lipinski definition) is 1. The molecule has 26 heavy (non-hydrogen) atoms. The number of rotatable bonds is 12. The van der Waals surface area contributed by atoms with E-state index in [-0.39, 0.29) is 5.95 Å². The van der Waals surface area contributed by atoms with E-state index in [2.05, 4.69) is 9.97 Å². The van der Waals surface area contributed by atoms with Gasteiger partial charge in [0.15, 0.2) is 0 Å². The van der Waals surface area contributed by atoms with Gasteiger partial charge < -0.3 is 29.4 Å². The largest absolute Gasteiger partial charge is 0.497 e. The number of hydrogen-bond acceptors (Lipinski definition) is 8. The number of ether oxygens (including phenoxy) is 5. The van der Waals surface area contributed by atoms with Crippen molar-refractivity contribution in [1.82, 2.24) is 9.97 Å². The molecule has 2 aromatic rings. The van der Waals surface area contributed by atoms with Crippen LogP contribution in [0.1, 0.15) is 0 Å². The summed E-state index contributed by atoms with van der Waals surface area (Å²) in [5, 5.41) is 0. The van der Waals surface area contributed by atoms with Gasteiger partial charge in [-0.2, -0.15) is 0 Å². The molecule has 0 fully saturated rings. The summed E-state index contributed by atoms with van der Waals surface area (Å²) in [5.41, 5.74) is 7.19. The molecule has 1 aromatic heterocycles. The molecule has 8 heteroatoms. The van der Waals surface area contributed by atoms with Crippen LogP contribution in [0.25, 0.3) is 11.3 Å². The van der Waals surface area contributed by atoms with Crippen molar-refractivity contribution in [1.29, 1.82) is 0 Å². The molecule has 0 saturated heterocycles. The van der Waals surface area contributed by atoms with Crippen molar-refractivity contribution in [3.05, 3.63) is 30.5 Å². The van der Waals surface area contributed by atoms with E-state index < -0.39 is 0 Å². The van der Waals surface area contributed by atoms with Crippen molar-refractivity contribution in [2.24, 2.45) is 0 Å². The van der Waals surface area contributed by atoms with E-state index in [4.69, 9.17) is 29.4 Å². The molecule has 2 N–H and O–H groups in total. The number of methoxy groups -OCH3 is 2. The highest BCUT2D eigenvalue weighted by Gasteiger charge is 2.07. The molecule has 0 amide bonds. The maximum atomic E-state index is 5.75. The van der Waals surface area contributed by atoms with Gasteiger partial charge in [0.05, 0.1) is 45.8 Å². The fourth-order valence-corrected chi connectivity index (χ4v) is 2.14. The standard InChI is InChI=1S/C18H25N3O5/c1-22-5-6-24-7-8-25-9-10-26-16-12-14(11-15(13-16)23-2)17-3-4-20-18(19)21-17/h3-4,11-13H,5-10H2,1-2H3,(H2,19,20,21). The lowest BCUT2D eigenvalue weighted by Gasteiger charge is -2.11. The van der Waals surface area contributed by atoms with Gasteiger partial charge in [-0.1, -0.05) is 0 Å². The van der Waals surface area contributed by atoms with E-state index in [1.165, 1.54) is 0 Å². The molecule has 0 radical (unpaired) electrons. The van der Waals surface area contributed by atoms with Crippen LogP contribution in [0.2, 0.25) is 0 Å². The predicted molar refractivity (Wildman–Crippen MR) is 97.4 cm³/mol. The first kappa shape index (κ1) is 19.9. The predicted octanol–water partition coefficient (Wildman–Crippen LogP) is 1.79. The first-order chi connectivity index (χ1) is 12.7. The molecular weight excluding hydrogens is 338 g/mol. The molecule has 0 spiro atoms. The van der Waals surface area contributed by atoms with Crippen LogP contribution < -0.4 is 15.2 Å². The van der Waals surface area contributed by atoms with Gasteiger partial charge in [0.25, 0.3) is 0 Å². The van der Waals surface area contributed by atoms with E-state index in [0.717, 1.165) is 5.56 Å². The maximum Gasteiger partial charge on any atom is 0.220 e. The van der Waals surface area contributed by atoms with E-state index >= 15 is 0 Å². The van der Waals surface area contributed by atoms with Gasteiger partial charge in [-0.25, -0.2) is 9.97 Å². The number of nitrogen functional groups attached to an aromatic ring is 1. The molecular formula is C18H25N3O5. The van der Waals surface area contributed by atoms with Crippen molar-refractivity contribution >= 4 is 5.95 Å². The molecule has 1 aromatic carbocycles. The van der Waals surface area contributed by atoms with Gasteiger partial charge in [-0.3, -0.25) is 0 Å². The Bertz CT molecular complexity index is 669. The fourth-order valence-electron chi connectivity index (χ4n) is 2.14. The summed E-state index contributed by atoms with van der Waals surface area (Å²) < 4.78 is 26.7. The molecule has 142 valence electrons. The molecule has 8 nitrogen and oxygen atoms in total. The molecule has 2 rings (SSSR count). The number of anilines is 1. The number of nitrogens with zero attached hydrogens (tertiary/aromatic N) is 2. The molecule has 0 aliphatic heterocycles. The van der Waals surface area contributed by atoms with Gasteiger partial charge in [0.1, 0.15) is 18.1 Å². The molecule has 0 bridgehead atoms. The van der Waals surface area contributed by atoms with E-state index in [1.54, 1.807) is 26.5 Å². The summed E-state index contributed by atoms with van der Waals surface area (Å²) >= 11 is 0. The fraction of sp³-hybridized carbons (Fsp3) is 0.444. The van der Waals surface area contributed by atoms with Gasteiger partial charge >= 0.3 is 0 Å². The van der Waals surface area contributed by atoms with Crippen molar-refractivity contribution in [3.63, 3.8) is 0 Å². The van der Waals surface area contributed by atoms with Crippen LogP contribution in [-0.4, -0.2) is 63.8 Å². The van der Waals surface area contributed by atoms with E-state index in [1.807, 2.05) is 18.2 Å². The third-order valence-electron chi connectivity index (χ3n) is 3.39. The highest BCUT2D eigenvalue weighted by molar-refractivity contribution is 5.64. The zero-order valence-corrected chi connectivity index (χ0v) is 15.1. The summed E-state index contributed by atoms with van der Waals surface area (Å²) in [6, 6.07) is 7.32. The Hall–Kier alpha value is -2.42. The minimum absolute atomic E-state index is 0.217. The van der Waals surface area contributed by atoms with Crippen LogP contribution in [-0.2, 0) is 14.2 Å². The van der Waals surface area contributed by atoms with Crippen molar-refractivity contribution in [2.75, 3.05) is 59.6 Å². The van der Waals surface area contributed by atoms with Crippen LogP contribution in [0, 0.1) is 0 Å². The molecule has 0 atom stereocenters. The van der Waals surface area contributed by atoms with Crippen LogP contribution in [0.15, 0.2) is 30.5 Å². The summed E-state index contributed by atoms with van der Waals surface area (Å²) in [7, 11) is 3.24. The lowest BCUT2D eigenvalue weighted by Crippen LogP contribution is -2.12. The minimum atomic E-state index is 0.217. The second kappa shape index (κ2) is 11.2. The number of benzene rings is 1. The highest BCUT2D eigenvalue weighted by Crippen LogP contribution is 2.28. The van der Waals surface area contributed by atoms with Gasteiger partial charge in [-0.05, 0) is 18.2 Å². The summed E-state index contributed by atoms with van der Waals surface area (Å²) in [5.74, 6) is 1.55. The van der Waals surface area contributed by atoms with E-state index in [9.17, 15) is 0 Å². The Kier molecular flexibility index (Phi) is 8.61. The average molecular weight is 363 g/mol. The number of nitrogens with two attached hydrogens (primary N) is 1. The topological polar surface area (TPSA) is 98.0 Å². The third-order valence-corrected chi connectivity index (χ3v) is 3.39. The van der Waals surface area contributed by atoms with Crippen LogP contribution in [0.4, 0.5) is 5.95 Å². The Balaban J connectivity index is 1.82. The molecule has 0 unspecified atom stereocenters. The highest BCUT2D eigenvalue weighted by atomic mass is 16.6. The second-order valence-electron chi connectivity index (χ2n) is 5.26. The Labute approximate surface area is 153 Å². The average Bonchev–Trinajstić information content (AvgIpc) is 2.66. The van der Waals surface area contributed by atoms with Gasteiger partial charge in [0, 0.05) is 24.9 Å². The smallest absolute Gasteiger partial charge is 0.220 e. The van der Waals surface area contributed by atoms with E-state index in [0.29, 0.717) is 56.8 Å². The molecule has 1 heterocycles. The quantitative estimate of drug-likeness (QED) is 0.570. The Morgan fingerprint density at radius 1 is 0.885 bits per heavy atom. The Morgan fingerprint density at radius 3 is 2.27 bits per heavy atom. The normalized spacial score (nSPS) is 10.7. The monoisotopic (exact) mass is 363 g/mol. The minimum Gasteiger partial charge on any atom is -0.497 e. The zero-order chi connectivity index (χ0) is 18.6. The molecule has 0 aliphatic rings. The van der Waals surface area contributed by atoms with Crippen molar-refractivity contribution in [3.8, 4) is 22.8 Å². The third kappa shape index (κ3) is 6.83. The summed E-state index contributed by atoms with van der Waals surface area (Å²) in [4.78, 5) is 8.12. The van der Waals surface area contributed by atoms with Gasteiger partial charge in [-0.15, -0.1) is 0 Å². The van der Waals surface area contributed by atoms with Gasteiger partial charge in [0.2, 0.25) is 5.95 Å². The zero-order valence-electron chi connectivity index (χ0n) is 15.1.